The summed E-state index contributed by atoms with van der Waals surface area (Å²) < 4.78 is 41.1. The van der Waals surface area contributed by atoms with Gasteiger partial charge < -0.3 is 15.1 Å². The second kappa shape index (κ2) is 15.3. The summed E-state index contributed by atoms with van der Waals surface area (Å²) in [5.74, 6) is 0.0443. The Morgan fingerprint density at radius 1 is 1.07 bits per heavy atom. The minimum Gasteiger partial charge on any atom is -0.371 e. The first-order valence-electron chi connectivity index (χ1n) is 15.8. The smallest absolute Gasteiger partial charge is 0.371 e. The lowest BCUT2D eigenvalue weighted by Gasteiger charge is -2.38. The molecular formula is C34H44Cl2F3N3O2. The number of alkyl halides is 3. The van der Waals surface area contributed by atoms with Gasteiger partial charge in [0.05, 0.1) is 11.6 Å². The number of carbonyl (C=O) groups excluding carboxylic acids is 2. The van der Waals surface area contributed by atoms with Gasteiger partial charge >= 0.3 is 6.18 Å². The van der Waals surface area contributed by atoms with E-state index in [1.54, 1.807) is 23.1 Å². The van der Waals surface area contributed by atoms with E-state index in [0.29, 0.717) is 79.9 Å². The number of nitrogens with one attached hydrogen (secondary N) is 1. The first-order valence-corrected chi connectivity index (χ1v) is 16.6. The van der Waals surface area contributed by atoms with Gasteiger partial charge in [-0.1, -0.05) is 62.9 Å². The van der Waals surface area contributed by atoms with Crippen LogP contribution in [0.3, 0.4) is 0 Å². The van der Waals surface area contributed by atoms with Crippen molar-refractivity contribution in [2.75, 3.05) is 31.1 Å². The van der Waals surface area contributed by atoms with Crippen LogP contribution >= 0.6 is 23.2 Å². The molecule has 1 N–H and O–H groups in total. The molecule has 242 valence electrons. The van der Waals surface area contributed by atoms with Crippen LogP contribution in [-0.4, -0.2) is 48.8 Å². The normalized spacial score (nSPS) is 21.2. The number of hydrogen-bond donors (Lipinski definition) is 1. The third kappa shape index (κ3) is 8.70. The molecule has 4 rings (SSSR count). The first kappa shape index (κ1) is 34.6. The minimum atomic E-state index is -4.43. The lowest BCUT2D eigenvalue weighted by atomic mass is 9.80. The minimum absolute atomic E-state index is 0.0205. The summed E-state index contributed by atoms with van der Waals surface area (Å²) in [5.41, 5.74) is 1.49. The van der Waals surface area contributed by atoms with Crippen molar-refractivity contribution >= 4 is 40.6 Å². The molecule has 2 aliphatic rings. The lowest BCUT2D eigenvalue weighted by molar-refractivity contribution is -0.139. The van der Waals surface area contributed by atoms with Gasteiger partial charge in [-0.3, -0.25) is 9.59 Å². The van der Waals surface area contributed by atoms with Crippen molar-refractivity contribution in [3.63, 3.8) is 0 Å². The second-order valence-corrected chi connectivity index (χ2v) is 13.4. The Balaban J connectivity index is 1.59. The van der Waals surface area contributed by atoms with E-state index in [9.17, 15) is 22.8 Å². The van der Waals surface area contributed by atoms with Crippen molar-refractivity contribution in [3.8, 4) is 0 Å². The number of hydrogen-bond acceptors (Lipinski definition) is 4. The fourth-order valence-corrected chi connectivity index (χ4v) is 6.96. The first-order chi connectivity index (χ1) is 20.9. The van der Waals surface area contributed by atoms with Crippen LogP contribution in [0.2, 0.25) is 10.0 Å². The van der Waals surface area contributed by atoms with Crippen molar-refractivity contribution in [1.29, 1.82) is 0 Å². The maximum atomic E-state index is 14.4. The van der Waals surface area contributed by atoms with E-state index in [1.165, 1.54) is 6.07 Å². The zero-order valence-electron chi connectivity index (χ0n) is 25.9. The third-order valence-electron chi connectivity index (χ3n) is 9.25. The highest BCUT2D eigenvalue weighted by Crippen LogP contribution is 2.36. The summed E-state index contributed by atoms with van der Waals surface area (Å²) in [7, 11) is 0. The van der Waals surface area contributed by atoms with Gasteiger partial charge in [-0.2, -0.15) is 13.2 Å². The van der Waals surface area contributed by atoms with Crippen LogP contribution in [-0.2, 0) is 28.7 Å². The highest BCUT2D eigenvalue weighted by molar-refractivity contribution is 6.35. The number of halogens is 5. The highest BCUT2D eigenvalue weighted by Gasteiger charge is 2.39. The Labute approximate surface area is 269 Å². The molecule has 2 saturated heterocycles. The predicted molar refractivity (Wildman–Crippen MR) is 171 cm³/mol. The summed E-state index contributed by atoms with van der Waals surface area (Å²) in [6.45, 7) is 9.06. The van der Waals surface area contributed by atoms with Gasteiger partial charge in [-0.05, 0) is 79.1 Å². The van der Waals surface area contributed by atoms with Crippen LogP contribution in [0.1, 0.15) is 76.0 Å². The Hall–Kier alpha value is -2.29. The molecule has 2 aliphatic heterocycles. The van der Waals surface area contributed by atoms with Crippen LogP contribution in [0.25, 0.3) is 0 Å². The maximum absolute atomic E-state index is 14.4. The van der Waals surface area contributed by atoms with Gasteiger partial charge in [0.1, 0.15) is 0 Å². The Morgan fingerprint density at radius 2 is 1.84 bits per heavy atom. The molecule has 2 fully saturated rings. The molecule has 0 bridgehead atoms. The fourth-order valence-electron chi connectivity index (χ4n) is 6.47. The molecule has 0 spiro atoms. The van der Waals surface area contributed by atoms with Crippen LogP contribution in [0.4, 0.5) is 18.9 Å². The quantitative estimate of drug-likeness (QED) is 0.266. The average Bonchev–Trinajstić information content (AvgIpc) is 3.39. The molecule has 5 nitrogen and oxygen atoms in total. The number of rotatable bonds is 11. The van der Waals surface area contributed by atoms with Crippen molar-refractivity contribution in [1.82, 2.24) is 10.2 Å². The summed E-state index contributed by atoms with van der Waals surface area (Å²) in [4.78, 5) is 31.1. The molecule has 0 saturated carbocycles. The molecule has 0 aromatic heterocycles. The van der Waals surface area contributed by atoms with E-state index < -0.39 is 17.8 Å². The maximum Gasteiger partial charge on any atom is 0.416 e. The molecule has 2 aromatic carbocycles. The largest absolute Gasteiger partial charge is 0.416 e. The monoisotopic (exact) mass is 653 g/mol. The van der Waals surface area contributed by atoms with Gasteiger partial charge in [0.2, 0.25) is 5.91 Å². The Morgan fingerprint density at radius 3 is 2.50 bits per heavy atom. The number of nitrogens with zero attached hydrogens (tertiary/aromatic N) is 2. The third-order valence-corrected chi connectivity index (χ3v) is 9.84. The van der Waals surface area contributed by atoms with Gasteiger partial charge in [-0.15, -0.1) is 0 Å². The molecule has 2 heterocycles. The Kier molecular flexibility index (Phi) is 12.0. The molecule has 4 atom stereocenters. The molecule has 0 aliphatic carbocycles. The van der Waals surface area contributed by atoms with Gasteiger partial charge in [0.25, 0.3) is 0 Å². The summed E-state index contributed by atoms with van der Waals surface area (Å²) in [6.07, 6.45) is 0.335. The number of ketones is 1. The molecule has 44 heavy (non-hydrogen) atoms. The summed E-state index contributed by atoms with van der Waals surface area (Å²) in [5, 5.41) is 4.33. The standard InChI is InChI=1S/C34H44Cl2F3N3O2/c1-4-22(2)19-40-20-25-16-26(34(37,38)39)11-13-30(25)41-14-6-5-8-28(23(3)21-41)33(44)31(42-15-7-9-32(42)43)17-24-10-12-27(35)18-29(24)36/h10-13,16,18,22-23,28,31,40H,4-9,14-15,17,19-21H2,1-3H3. The lowest BCUT2D eigenvalue weighted by Crippen LogP contribution is -2.48. The molecule has 2 aromatic rings. The van der Waals surface area contributed by atoms with Gasteiger partial charge in [-0.25, -0.2) is 0 Å². The molecule has 4 unspecified atom stereocenters. The van der Waals surface area contributed by atoms with Crippen molar-refractivity contribution < 1.29 is 22.8 Å². The van der Waals surface area contributed by atoms with Gasteiger partial charge in [0.15, 0.2) is 5.78 Å². The number of Topliss-reactive ketones (excluding diaryl/α,β-unsaturated/α-hetero) is 1. The number of carbonyl (C=O) groups is 2. The summed E-state index contributed by atoms with van der Waals surface area (Å²) in [6, 6.07) is 8.59. The van der Waals surface area contributed by atoms with E-state index >= 15 is 0 Å². The average molecular weight is 655 g/mol. The number of amides is 1. The van der Waals surface area contributed by atoms with E-state index in [2.05, 4.69) is 24.1 Å². The number of benzene rings is 2. The van der Waals surface area contributed by atoms with Gasteiger partial charge in [0, 0.05) is 60.7 Å². The highest BCUT2D eigenvalue weighted by atomic mass is 35.5. The van der Waals surface area contributed by atoms with Crippen molar-refractivity contribution in [2.45, 2.75) is 84.5 Å². The van der Waals surface area contributed by atoms with E-state index in [0.717, 1.165) is 36.6 Å². The molecular weight excluding hydrogens is 610 g/mol. The van der Waals surface area contributed by atoms with Crippen LogP contribution in [0.5, 0.6) is 0 Å². The predicted octanol–water partition coefficient (Wildman–Crippen LogP) is 8.19. The zero-order valence-corrected chi connectivity index (χ0v) is 27.4. The topological polar surface area (TPSA) is 52.7 Å². The van der Waals surface area contributed by atoms with E-state index in [4.69, 9.17) is 23.2 Å². The van der Waals surface area contributed by atoms with E-state index in [-0.39, 0.29) is 23.5 Å². The van der Waals surface area contributed by atoms with Crippen LogP contribution in [0, 0.1) is 17.8 Å². The zero-order chi connectivity index (χ0) is 32.0. The number of likely N-dealkylation sites (tertiary alicyclic amines) is 1. The number of anilines is 1. The van der Waals surface area contributed by atoms with E-state index in [1.807, 2.05) is 13.0 Å². The Bertz CT molecular complexity index is 1310. The van der Waals surface area contributed by atoms with Crippen molar-refractivity contribution in [3.05, 3.63) is 63.1 Å². The second-order valence-electron chi connectivity index (χ2n) is 12.6. The fraction of sp³-hybridized carbons (Fsp3) is 0.588. The van der Waals surface area contributed by atoms with Crippen LogP contribution < -0.4 is 10.2 Å². The molecule has 1 amide bonds. The molecule has 0 radical (unpaired) electrons. The summed E-state index contributed by atoms with van der Waals surface area (Å²) >= 11 is 12.6. The SMILES string of the molecule is CCC(C)CNCc1cc(C(F)(F)F)ccc1N1CCCCC(C(=O)C(Cc2ccc(Cl)cc2Cl)N2CCCC2=O)C(C)C1. The molecule has 10 heteroatoms. The van der Waals surface area contributed by atoms with Crippen molar-refractivity contribution in [2.24, 2.45) is 17.8 Å². The van der Waals surface area contributed by atoms with Crippen LogP contribution in [0.15, 0.2) is 36.4 Å².